The van der Waals surface area contributed by atoms with Crippen molar-refractivity contribution in [1.82, 2.24) is 10.3 Å². The van der Waals surface area contributed by atoms with Gasteiger partial charge in [0.05, 0.1) is 24.8 Å². The van der Waals surface area contributed by atoms with Crippen LogP contribution in [0.5, 0.6) is 17.2 Å². The summed E-state index contributed by atoms with van der Waals surface area (Å²) in [6.07, 6.45) is -4.21. The van der Waals surface area contributed by atoms with E-state index in [1.807, 2.05) is 6.07 Å². The van der Waals surface area contributed by atoms with E-state index in [2.05, 4.69) is 10.3 Å². The number of aliphatic hydroxyl groups is 4. The lowest BCUT2D eigenvalue weighted by Crippen LogP contribution is -2.60. The maximum Gasteiger partial charge on any atom is 0.229 e. The molecule has 3 aliphatic rings. The first-order valence-corrected chi connectivity index (χ1v) is 14.6. The Balaban J connectivity index is 1.38. The molecule has 1 aromatic heterocycles. The second-order valence-electron chi connectivity index (χ2n) is 11.7. The summed E-state index contributed by atoms with van der Waals surface area (Å²) in [5.41, 5.74) is 6.71. The number of nitrogens with zero attached hydrogens (tertiary/aromatic N) is 1. The molecule has 13 heteroatoms. The molecule has 0 unspecified atom stereocenters. The van der Waals surface area contributed by atoms with E-state index in [-0.39, 0.29) is 44.9 Å². The first-order chi connectivity index (χ1) is 21.6. The lowest BCUT2D eigenvalue weighted by molar-refractivity contribution is -0.277. The quantitative estimate of drug-likeness (QED) is 0.147. The maximum absolute atomic E-state index is 14.0. The Hall–Kier alpha value is -4.11. The van der Waals surface area contributed by atoms with Gasteiger partial charge in [-0.2, -0.15) is 0 Å². The van der Waals surface area contributed by atoms with Crippen molar-refractivity contribution in [2.45, 2.75) is 55.4 Å². The van der Waals surface area contributed by atoms with Crippen molar-refractivity contribution in [2.75, 3.05) is 32.5 Å². The molecule has 2 aromatic carbocycles. The van der Waals surface area contributed by atoms with Gasteiger partial charge in [0.15, 0.2) is 5.78 Å². The van der Waals surface area contributed by atoms with Crippen LogP contribution >= 0.6 is 0 Å². The average molecular weight is 622 g/mol. The van der Waals surface area contributed by atoms with E-state index in [4.69, 9.17) is 19.9 Å². The molecular weight excluding hydrogens is 586 g/mol. The van der Waals surface area contributed by atoms with Crippen LogP contribution in [0.4, 0.5) is 5.82 Å². The van der Waals surface area contributed by atoms with Crippen LogP contribution in [0, 0.1) is 0 Å². The van der Waals surface area contributed by atoms with E-state index in [0.717, 1.165) is 31.5 Å². The number of ether oxygens (including phenoxy) is 3. The highest BCUT2D eigenvalue weighted by atomic mass is 16.7. The minimum atomic E-state index is -1.76. The summed E-state index contributed by atoms with van der Waals surface area (Å²) >= 11 is 0. The number of aromatic nitrogens is 1. The molecule has 0 saturated carbocycles. The molecule has 0 spiro atoms. The molecule has 6 rings (SSSR count). The van der Waals surface area contributed by atoms with Crippen molar-refractivity contribution in [3.8, 4) is 17.2 Å². The lowest BCUT2D eigenvalue weighted by Gasteiger charge is -2.40. The van der Waals surface area contributed by atoms with Crippen LogP contribution in [0.2, 0.25) is 0 Å². The minimum absolute atomic E-state index is 0.0223. The highest BCUT2D eigenvalue weighted by Gasteiger charge is 2.46. The standard InChI is InChI=1S/C32H35N3O10/c1-43-17-10-19-25(21(11-17)44-31-30(42)29(41)27(39)22(14-36)45-31)28(40)24-18(26(19)38)8-15(9-20(24)37)12-32(4-6-34-7-5-32)16-2-3-23(33)35-13-16/h2-3,8-11,13,22,27,29-31,34,36-37,39,41-42H,4-7,12,14H2,1H3,(H2,33,35)/t22-,27-,29+,30-,31-/m1/s1. The van der Waals surface area contributed by atoms with Crippen LogP contribution in [0.1, 0.15) is 55.8 Å². The Bertz CT molecular complexity index is 1620. The van der Waals surface area contributed by atoms with Gasteiger partial charge in [0.1, 0.15) is 47.5 Å². The number of rotatable bonds is 7. The molecule has 0 radical (unpaired) electrons. The fraction of sp³-hybridized carbons (Fsp3) is 0.406. The summed E-state index contributed by atoms with van der Waals surface area (Å²) in [5, 5.41) is 55.1. The van der Waals surface area contributed by atoms with Crippen LogP contribution in [-0.4, -0.2) is 99.6 Å². The molecule has 45 heavy (non-hydrogen) atoms. The predicted molar refractivity (Wildman–Crippen MR) is 158 cm³/mol. The van der Waals surface area contributed by atoms with Crippen LogP contribution in [0.3, 0.4) is 0 Å². The monoisotopic (exact) mass is 621 g/mol. The fourth-order valence-electron chi connectivity index (χ4n) is 6.56. The van der Waals surface area contributed by atoms with Gasteiger partial charge in [0.25, 0.3) is 0 Å². The number of fused-ring (bicyclic) bond motifs is 2. The second kappa shape index (κ2) is 12.0. The van der Waals surface area contributed by atoms with Crippen molar-refractivity contribution >= 4 is 17.4 Å². The number of anilines is 1. The first kappa shape index (κ1) is 30.9. The topological polar surface area (TPSA) is 214 Å². The second-order valence-corrected chi connectivity index (χ2v) is 11.7. The zero-order chi connectivity index (χ0) is 32.0. The normalized spacial score (nSPS) is 25.8. The van der Waals surface area contributed by atoms with E-state index in [1.165, 1.54) is 25.3 Å². The lowest BCUT2D eigenvalue weighted by atomic mass is 9.69. The summed E-state index contributed by atoms with van der Waals surface area (Å²) in [5.74, 6) is -1.29. The van der Waals surface area contributed by atoms with E-state index in [0.29, 0.717) is 17.8 Å². The van der Waals surface area contributed by atoms with E-state index in [9.17, 15) is 35.1 Å². The minimum Gasteiger partial charge on any atom is -0.507 e. The molecule has 2 fully saturated rings. The number of nitrogen functional groups attached to an aromatic ring is 1. The van der Waals surface area contributed by atoms with Gasteiger partial charge in [-0.15, -0.1) is 0 Å². The van der Waals surface area contributed by atoms with Crippen LogP contribution in [0.25, 0.3) is 0 Å². The Labute approximate surface area is 258 Å². The number of hydrogen-bond donors (Lipinski definition) is 7. The number of hydrogen-bond acceptors (Lipinski definition) is 13. The Morgan fingerprint density at radius 2 is 1.73 bits per heavy atom. The van der Waals surface area contributed by atoms with Crippen LogP contribution < -0.4 is 20.5 Å². The molecule has 1 aliphatic carbocycles. The molecule has 5 atom stereocenters. The predicted octanol–water partition coefficient (Wildman–Crippen LogP) is 0.196. The number of piperidine rings is 1. The zero-order valence-corrected chi connectivity index (χ0v) is 24.5. The van der Waals surface area contributed by atoms with Crippen molar-refractivity contribution in [1.29, 1.82) is 0 Å². The molecule has 0 bridgehead atoms. The Morgan fingerprint density at radius 1 is 1.00 bits per heavy atom. The zero-order valence-electron chi connectivity index (χ0n) is 24.5. The van der Waals surface area contributed by atoms with Crippen molar-refractivity contribution in [2.24, 2.45) is 0 Å². The molecule has 3 aromatic rings. The van der Waals surface area contributed by atoms with E-state index >= 15 is 0 Å². The molecule has 13 nitrogen and oxygen atoms in total. The number of aliphatic hydroxyl groups excluding tert-OH is 4. The van der Waals surface area contributed by atoms with Gasteiger partial charge < -0.3 is 50.8 Å². The van der Waals surface area contributed by atoms with Gasteiger partial charge >= 0.3 is 0 Å². The summed E-state index contributed by atoms with van der Waals surface area (Å²) in [6.45, 7) is 0.848. The van der Waals surface area contributed by atoms with Crippen LogP contribution in [0.15, 0.2) is 42.6 Å². The van der Waals surface area contributed by atoms with Crippen molar-refractivity contribution in [3.05, 3.63) is 76.0 Å². The van der Waals surface area contributed by atoms with Crippen LogP contribution in [-0.2, 0) is 16.6 Å². The van der Waals surface area contributed by atoms with Gasteiger partial charge in [0, 0.05) is 28.8 Å². The van der Waals surface area contributed by atoms with Gasteiger partial charge in [-0.1, -0.05) is 6.07 Å². The fourth-order valence-corrected chi connectivity index (χ4v) is 6.56. The number of methoxy groups -OCH3 is 1. The van der Waals surface area contributed by atoms with Crippen molar-refractivity contribution in [3.63, 3.8) is 0 Å². The first-order valence-electron chi connectivity index (χ1n) is 14.6. The largest absolute Gasteiger partial charge is 0.507 e. The number of carbonyl (C=O) groups is 2. The number of aromatic hydroxyl groups is 1. The maximum atomic E-state index is 14.0. The number of benzene rings is 2. The number of carbonyl (C=O) groups excluding carboxylic acids is 2. The molecule has 3 heterocycles. The Morgan fingerprint density at radius 3 is 2.40 bits per heavy atom. The summed E-state index contributed by atoms with van der Waals surface area (Å²) in [6, 6.07) is 9.51. The highest BCUT2D eigenvalue weighted by Crippen LogP contribution is 2.43. The molecule has 2 aliphatic heterocycles. The third kappa shape index (κ3) is 5.41. The number of pyridine rings is 1. The summed E-state index contributed by atoms with van der Waals surface area (Å²) < 4.78 is 16.6. The van der Waals surface area contributed by atoms with E-state index < -0.39 is 48.9 Å². The number of phenolic OH excluding ortho intramolecular Hbond substituents is 1. The number of nitrogens with two attached hydrogens (primary N) is 1. The Kier molecular flexibility index (Phi) is 8.24. The molecule has 0 amide bonds. The number of ketones is 2. The highest BCUT2D eigenvalue weighted by molar-refractivity contribution is 6.30. The molecule has 8 N–H and O–H groups in total. The van der Waals surface area contributed by atoms with Gasteiger partial charge in [-0.05, 0) is 67.7 Å². The smallest absolute Gasteiger partial charge is 0.229 e. The summed E-state index contributed by atoms with van der Waals surface area (Å²) in [4.78, 5) is 32.3. The SMILES string of the molecule is COc1cc(O[C@@H]2O[C@H](CO)[C@@H](O)[C@H](O)[C@H]2O)c2c(c1)C(=O)c1cc(CC3(c4ccc(N)nc4)CCNCC3)cc(O)c1C2=O. The average Bonchev–Trinajstić information content (AvgIpc) is 3.04. The van der Waals surface area contributed by atoms with Gasteiger partial charge in [-0.25, -0.2) is 4.98 Å². The third-order valence-corrected chi connectivity index (χ3v) is 9.03. The number of phenols is 1. The molecule has 2 saturated heterocycles. The molecular formula is C32H35N3O10. The van der Waals surface area contributed by atoms with Gasteiger partial charge in [0.2, 0.25) is 12.1 Å². The number of nitrogens with one attached hydrogen (secondary N) is 1. The molecule has 238 valence electrons. The van der Waals surface area contributed by atoms with Gasteiger partial charge in [-0.3, -0.25) is 9.59 Å². The third-order valence-electron chi connectivity index (χ3n) is 9.03. The van der Waals surface area contributed by atoms with Crippen molar-refractivity contribution < 1.29 is 49.3 Å². The summed E-state index contributed by atoms with van der Waals surface area (Å²) in [7, 11) is 1.36. The van der Waals surface area contributed by atoms with E-state index in [1.54, 1.807) is 18.3 Å².